The van der Waals surface area contributed by atoms with Crippen molar-refractivity contribution in [3.05, 3.63) is 58.3 Å². The number of fused-ring (bicyclic) bond motifs is 2. The van der Waals surface area contributed by atoms with Gasteiger partial charge in [-0.3, -0.25) is 0 Å². The summed E-state index contributed by atoms with van der Waals surface area (Å²) < 4.78 is 8.17. The molecule has 0 atom stereocenters. The molecule has 0 amide bonds. The average molecular weight is 467 g/mol. The molecule has 4 heteroatoms. The lowest BCUT2D eigenvalue weighted by molar-refractivity contribution is 0.0540. The number of halogens is 1. The Morgan fingerprint density at radius 3 is 2.26 bits per heavy atom. The molecule has 0 saturated carbocycles. The molecule has 1 heterocycles. The van der Waals surface area contributed by atoms with Gasteiger partial charge in [-0.1, -0.05) is 42.5 Å². The third-order valence-electron chi connectivity index (χ3n) is 4.96. The van der Waals surface area contributed by atoms with E-state index < -0.39 is 5.60 Å². The Morgan fingerprint density at radius 1 is 0.889 bits per heavy atom. The first-order chi connectivity index (χ1) is 12.8. The van der Waals surface area contributed by atoms with Crippen molar-refractivity contribution in [2.75, 3.05) is 0 Å². The third kappa shape index (κ3) is 2.50. The van der Waals surface area contributed by atoms with Gasteiger partial charge < -0.3 is 4.74 Å². The van der Waals surface area contributed by atoms with Crippen molar-refractivity contribution in [2.24, 2.45) is 0 Å². The highest BCUT2D eigenvalue weighted by Crippen LogP contribution is 2.39. The molecule has 0 N–H and O–H groups in total. The number of rotatable bonds is 0. The summed E-state index contributed by atoms with van der Waals surface area (Å²) in [4.78, 5) is 12.8. The molecule has 1 aromatic heterocycles. The van der Waals surface area contributed by atoms with Crippen molar-refractivity contribution in [1.82, 2.24) is 4.57 Å². The third-order valence-corrected chi connectivity index (χ3v) is 5.76. The Labute approximate surface area is 170 Å². The van der Waals surface area contributed by atoms with Crippen LogP contribution in [0.15, 0.2) is 54.6 Å². The van der Waals surface area contributed by atoms with Crippen molar-refractivity contribution in [3.8, 4) is 0 Å². The zero-order chi connectivity index (χ0) is 18.9. The van der Waals surface area contributed by atoms with Crippen LogP contribution < -0.4 is 0 Å². The molecule has 5 rings (SSSR count). The highest BCUT2D eigenvalue weighted by Gasteiger charge is 2.23. The summed E-state index contributed by atoms with van der Waals surface area (Å²) in [6, 6.07) is 19.2. The van der Waals surface area contributed by atoms with Crippen LogP contribution in [0.3, 0.4) is 0 Å². The first kappa shape index (κ1) is 16.8. The fraction of sp³-hybridized carbons (Fsp3) is 0.174. The van der Waals surface area contributed by atoms with Crippen molar-refractivity contribution in [1.29, 1.82) is 0 Å². The SMILES string of the molecule is CC(C)(C)OC(=O)n1c(I)cc2c3ccc4cccc5ccc(cc21)c3c54. The molecule has 0 aliphatic heterocycles. The predicted octanol–water partition coefficient (Wildman–Crippen LogP) is 6.93. The molecule has 0 saturated heterocycles. The van der Waals surface area contributed by atoms with E-state index in [1.54, 1.807) is 4.57 Å². The van der Waals surface area contributed by atoms with Crippen LogP contribution in [0.4, 0.5) is 4.79 Å². The van der Waals surface area contributed by atoms with E-state index in [2.05, 4.69) is 77.2 Å². The fourth-order valence-electron chi connectivity index (χ4n) is 3.95. The molecule has 0 aliphatic rings. The Morgan fingerprint density at radius 2 is 1.56 bits per heavy atom. The quantitative estimate of drug-likeness (QED) is 0.183. The van der Waals surface area contributed by atoms with E-state index in [0.717, 1.165) is 20.0 Å². The molecule has 3 nitrogen and oxygen atoms in total. The summed E-state index contributed by atoms with van der Waals surface area (Å²) in [5, 5.41) is 8.42. The normalized spacial score (nSPS) is 12.6. The van der Waals surface area contributed by atoms with Gasteiger partial charge in [-0.2, -0.15) is 0 Å². The van der Waals surface area contributed by atoms with Crippen LogP contribution in [0, 0.1) is 3.70 Å². The van der Waals surface area contributed by atoms with Crippen LogP contribution in [0.25, 0.3) is 43.2 Å². The molecule has 5 aromatic rings. The summed E-state index contributed by atoms with van der Waals surface area (Å²) in [6.45, 7) is 5.66. The Hall–Kier alpha value is -2.34. The molecule has 0 bridgehead atoms. The van der Waals surface area contributed by atoms with Gasteiger partial charge in [0.1, 0.15) is 5.60 Å². The van der Waals surface area contributed by atoms with Gasteiger partial charge in [-0.25, -0.2) is 9.36 Å². The number of aromatic nitrogens is 1. The molecule has 0 unspecified atom stereocenters. The zero-order valence-electron chi connectivity index (χ0n) is 15.3. The maximum atomic E-state index is 12.8. The Bertz CT molecular complexity index is 1340. The van der Waals surface area contributed by atoms with Crippen molar-refractivity contribution in [3.63, 3.8) is 0 Å². The summed E-state index contributed by atoms with van der Waals surface area (Å²) >= 11 is 2.21. The maximum Gasteiger partial charge on any atom is 0.419 e. The maximum absolute atomic E-state index is 12.8. The topological polar surface area (TPSA) is 31.2 Å². The van der Waals surface area contributed by atoms with E-state index in [0.29, 0.717) is 0 Å². The van der Waals surface area contributed by atoms with Crippen LogP contribution in [-0.4, -0.2) is 16.3 Å². The van der Waals surface area contributed by atoms with Gasteiger partial charge in [0.05, 0.1) is 9.22 Å². The fourth-order valence-corrected chi connectivity index (χ4v) is 4.71. The van der Waals surface area contributed by atoms with E-state index in [4.69, 9.17) is 4.74 Å². The van der Waals surface area contributed by atoms with E-state index in [9.17, 15) is 4.79 Å². The number of nitrogens with zero attached hydrogens (tertiary/aromatic N) is 1. The second-order valence-corrected chi connectivity index (χ2v) is 9.05. The number of carbonyl (C=O) groups excluding carboxylic acids is 1. The van der Waals surface area contributed by atoms with E-state index in [1.807, 2.05) is 20.8 Å². The van der Waals surface area contributed by atoms with E-state index >= 15 is 0 Å². The lowest BCUT2D eigenvalue weighted by Crippen LogP contribution is -2.27. The summed E-state index contributed by atoms with van der Waals surface area (Å²) in [7, 11) is 0. The van der Waals surface area contributed by atoms with Crippen LogP contribution in [-0.2, 0) is 4.74 Å². The number of hydrogen-bond acceptors (Lipinski definition) is 2. The minimum absolute atomic E-state index is 0.338. The molecular formula is C23H18INO2. The van der Waals surface area contributed by atoms with Crippen molar-refractivity contribution in [2.45, 2.75) is 26.4 Å². The number of ether oxygens (including phenoxy) is 1. The minimum atomic E-state index is -0.535. The number of carbonyl (C=O) groups is 1. The number of hydrogen-bond donors (Lipinski definition) is 0. The van der Waals surface area contributed by atoms with Gasteiger partial charge in [0.15, 0.2) is 0 Å². The summed E-state index contributed by atoms with van der Waals surface area (Å²) in [6.07, 6.45) is -0.338. The van der Waals surface area contributed by atoms with Crippen LogP contribution in [0.1, 0.15) is 20.8 Å². The molecule has 27 heavy (non-hydrogen) atoms. The lowest BCUT2D eigenvalue weighted by atomic mass is 9.93. The molecule has 0 radical (unpaired) electrons. The summed E-state index contributed by atoms with van der Waals surface area (Å²) in [5.74, 6) is 0. The van der Waals surface area contributed by atoms with Gasteiger partial charge in [0.2, 0.25) is 0 Å². The second-order valence-electron chi connectivity index (χ2n) is 7.95. The van der Waals surface area contributed by atoms with Crippen molar-refractivity contribution >= 4 is 71.9 Å². The van der Waals surface area contributed by atoms with E-state index in [-0.39, 0.29) is 6.09 Å². The molecule has 0 fully saturated rings. The zero-order valence-corrected chi connectivity index (χ0v) is 17.5. The largest absolute Gasteiger partial charge is 0.443 e. The van der Waals surface area contributed by atoms with Crippen molar-refractivity contribution < 1.29 is 9.53 Å². The molecule has 0 spiro atoms. The van der Waals surface area contributed by atoms with Gasteiger partial charge in [-0.05, 0) is 87.8 Å². The average Bonchev–Trinajstić information content (AvgIpc) is 2.93. The predicted molar refractivity (Wildman–Crippen MR) is 120 cm³/mol. The van der Waals surface area contributed by atoms with Crippen LogP contribution in [0.5, 0.6) is 0 Å². The Balaban J connectivity index is 1.90. The van der Waals surface area contributed by atoms with E-state index in [1.165, 1.54) is 26.9 Å². The van der Waals surface area contributed by atoms with Crippen LogP contribution >= 0.6 is 22.6 Å². The molecule has 134 valence electrons. The standard InChI is InChI=1S/C23H18INO2/c1-23(2,3)27-22(26)25-18-11-15-8-7-13-5-4-6-14-9-10-16(21(15)20(13)14)17(18)12-19(25)24/h4-12H,1-3H3. The van der Waals surface area contributed by atoms with Crippen LogP contribution in [0.2, 0.25) is 0 Å². The molecule has 0 aliphatic carbocycles. The Kier molecular flexibility index (Phi) is 3.47. The molecule has 4 aromatic carbocycles. The first-order valence-electron chi connectivity index (χ1n) is 8.94. The number of benzene rings is 4. The van der Waals surface area contributed by atoms with Gasteiger partial charge in [0, 0.05) is 5.39 Å². The monoisotopic (exact) mass is 467 g/mol. The highest BCUT2D eigenvalue weighted by atomic mass is 127. The smallest absolute Gasteiger partial charge is 0.419 e. The second kappa shape index (κ2) is 5.58. The highest BCUT2D eigenvalue weighted by molar-refractivity contribution is 14.1. The summed E-state index contributed by atoms with van der Waals surface area (Å²) in [5.41, 5.74) is 0.354. The first-order valence-corrected chi connectivity index (χ1v) is 10.0. The van der Waals surface area contributed by atoms with Gasteiger partial charge in [-0.15, -0.1) is 0 Å². The molecular weight excluding hydrogens is 449 g/mol. The lowest BCUT2D eigenvalue weighted by Gasteiger charge is -2.20. The minimum Gasteiger partial charge on any atom is -0.443 e. The van der Waals surface area contributed by atoms with Gasteiger partial charge in [0.25, 0.3) is 0 Å². The van der Waals surface area contributed by atoms with Gasteiger partial charge >= 0.3 is 6.09 Å².